The van der Waals surface area contributed by atoms with Gasteiger partial charge < -0.3 is 24.1 Å². The summed E-state index contributed by atoms with van der Waals surface area (Å²) in [5.74, 6) is 2.15. The number of methoxy groups -OCH3 is 2. The van der Waals surface area contributed by atoms with Gasteiger partial charge in [-0.15, -0.1) is 0 Å². The molecular weight excluding hydrogens is 372 g/mol. The van der Waals surface area contributed by atoms with Gasteiger partial charge in [0, 0.05) is 12.1 Å². The smallest absolute Gasteiger partial charge is 0.255 e. The maximum Gasteiger partial charge on any atom is 0.255 e. The van der Waals surface area contributed by atoms with E-state index in [1.807, 2.05) is 38.1 Å². The number of hydrogen-bond acceptors (Lipinski definition) is 6. The van der Waals surface area contributed by atoms with Crippen molar-refractivity contribution in [3.63, 3.8) is 0 Å². The van der Waals surface area contributed by atoms with Crippen LogP contribution >= 0.6 is 0 Å². The van der Waals surface area contributed by atoms with Crippen LogP contribution < -0.4 is 19.5 Å². The fraction of sp³-hybridized carbons (Fsp3) is 0.273. The Morgan fingerprint density at radius 3 is 2.48 bits per heavy atom. The molecule has 7 nitrogen and oxygen atoms in total. The van der Waals surface area contributed by atoms with Gasteiger partial charge in [0.2, 0.25) is 0 Å². The van der Waals surface area contributed by atoms with Crippen molar-refractivity contribution in [2.45, 2.75) is 27.0 Å². The summed E-state index contributed by atoms with van der Waals surface area (Å²) in [6.07, 6.45) is 0. The summed E-state index contributed by atoms with van der Waals surface area (Å²) in [4.78, 5) is 12.8. The highest BCUT2D eigenvalue weighted by atomic mass is 16.5. The second kappa shape index (κ2) is 9.14. The quantitative estimate of drug-likeness (QED) is 0.623. The van der Waals surface area contributed by atoms with Gasteiger partial charge in [0.05, 0.1) is 31.0 Å². The first-order valence-electron chi connectivity index (χ1n) is 9.16. The molecule has 0 aliphatic carbocycles. The van der Waals surface area contributed by atoms with Crippen LogP contribution in [0.2, 0.25) is 0 Å². The lowest BCUT2D eigenvalue weighted by Gasteiger charge is -2.14. The summed E-state index contributed by atoms with van der Waals surface area (Å²) in [6, 6.07) is 12.6. The van der Waals surface area contributed by atoms with E-state index in [1.54, 1.807) is 32.4 Å². The van der Waals surface area contributed by atoms with Crippen LogP contribution in [-0.2, 0) is 13.2 Å². The molecule has 2 aromatic carbocycles. The summed E-state index contributed by atoms with van der Waals surface area (Å²) >= 11 is 0. The Morgan fingerprint density at radius 1 is 1.03 bits per heavy atom. The SMILES string of the molecule is COc1cccc(CNC(=O)c2ccccc2OCc2c(C)noc2C)c1OC. The van der Waals surface area contributed by atoms with Crippen LogP contribution in [0.1, 0.15) is 32.9 Å². The van der Waals surface area contributed by atoms with Crippen LogP contribution in [0.5, 0.6) is 17.2 Å². The van der Waals surface area contributed by atoms with Gasteiger partial charge in [0.25, 0.3) is 5.91 Å². The van der Waals surface area contributed by atoms with Crippen LogP contribution in [0, 0.1) is 13.8 Å². The molecule has 1 heterocycles. The fourth-order valence-corrected chi connectivity index (χ4v) is 3.00. The summed E-state index contributed by atoms with van der Waals surface area (Å²) in [5.41, 5.74) is 2.91. The van der Waals surface area contributed by atoms with Gasteiger partial charge in [-0.1, -0.05) is 29.4 Å². The molecule has 7 heteroatoms. The van der Waals surface area contributed by atoms with E-state index in [2.05, 4.69) is 10.5 Å². The number of carbonyl (C=O) groups is 1. The minimum Gasteiger partial charge on any atom is -0.493 e. The maximum atomic E-state index is 12.8. The standard InChI is InChI=1S/C22H24N2O5/c1-14-18(15(2)29-24-14)13-28-19-10-6-5-9-17(19)22(25)23-12-16-8-7-11-20(26-3)21(16)27-4/h5-11H,12-13H2,1-4H3,(H,23,25). The Balaban J connectivity index is 1.72. The first-order valence-corrected chi connectivity index (χ1v) is 9.16. The van der Waals surface area contributed by atoms with Crippen LogP contribution in [0.3, 0.4) is 0 Å². The van der Waals surface area contributed by atoms with E-state index in [0.29, 0.717) is 28.6 Å². The molecular formula is C22H24N2O5. The predicted octanol–water partition coefficient (Wildman–Crippen LogP) is 3.82. The molecule has 0 fully saturated rings. The average molecular weight is 396 g/mol. The Morgan fingerprint density at radius 2 is 1.79 bits per heavy atom. The van der Waals surface area contributed by atoms with Crippen molar-refractivity contribution in [3.8, 4) is 17.2 Å². The molecule has 152 valence electrons. The van der Waals surface area contributed by atoms with Crippen molar-refractivity contribution in [3.05, 3.63) is 70.6 Å². The molecule has 3 rings (SSSR count). The van der Waals surface area contributed by atoms with E-state index in [9.17, 15) is 4.79 Å². The number of hydrogen-bond donors (Lipinski definition) is 1. The maximum absolute atomic E-state index is 12.8. The van der Waals surface area contributed by atoms with E-state index >= 15 is 0 Å². The minimum atomic E-state index is -0.246. The zero-order valence-corrected chi connectivity index (χ0v) is 16.9. The number of aromatic nitrogens is 1. The minimum absolute atomic E-state index is 0.246. The number of nitrogens with zero attached hydrogens (tertiary/aromatic N) is 1. The topological polar surface area (TPSA) is 82.8 Å². The van der Waals surface area contributed by atoms with Crippen molar-refractivity contribution in [2.75, 3.05) is 14.2 Å². The summed E-state index contributed by atoms with van der Waals surface area (Å²) in [7, 11) is 3.15. The number of benzene rings is 2. The van der Waals surface area contributed by atoms with Gasteiger partial charge in [-0.3, -0.25) is 4.79 Å². The molecule has 1 amide bonds. The lowest BCUT2D eigenvalue weighted by Crippen LogP contribution is -2.23. The van der Waals surface area contributed by atoms with E-state index in [0.717, 1.165) is 16.8 Å². The van der Waals surface area contributed by atoms with Crippen molar-refractivity contribution in [1.82, 2.24) is 10.5 Å². The van der Waals surface area contributed by atoms with Gasteiger partial charge in [-0.05, 0) is 32.0 Å². The molecule has 0 unspecified atom stereocenters. The van der Waals surface area contributed by atoms with Crippen molar-refractivity contribution < 1.29 is 23.5 Å². The Bertz CT molecular complexity index is 977. The zero-order valence-electron chi connectivity index (χ0n) is 16.9. The third-order valence-corrected chi connectivity index (χ3v) is 4.61. The molecule has 0 saturated carbocycles. The normalized spacial score (nSPS) is 10.5. The molecule has 0 saturated heterocycles. The molecule has 0 radical (unpaired) electrons. The lowest BCUT2D eigenvalue weighted by atomic mass is 10.1. The van der Waals surface area contributed by atoms with Gasteiger partial charge in [-0.25, -0.2) is 0 Å². The third kappa shape index (κ3) is 4.51. The van der Waals surface area contributed by atoms with Crippen LogP contribution in [-0.4, -0.2) is 25.3 Å². The highest BCUT2D eigenvalue weighted by Gasteiger charge is 2.16. The van der Waals surface area contributed by atoms with Crippen molar-refractivity contribution in [2.24, 2.45) is 0 Å². The van der Waals surface area contributed by atoms with Crippen LogP contribution in [0.25, 0.3) is 0 Å². The van der Waals surface area contributed by atoms with Gasteiger partial charge in [0.15, 0.2) is 11.5 Å². The predicted molar refractivity (Wildman–Crippen MR) is 107 cm³/mol. The molecule has 0 bridgehead atoms. The number of aryl methyl sites for hydroxylation is 2. The van der Waals surface area contributed by atoms with Crippen LogP contribution in [0.4, 0.5) is 0 Å². The average Bonchev–Trinajstić information content (AvgIpc) is 3.07. The molecule has 1 aromatic heterocycles. The number of carbonyl (C=O) groups excluding carboxylic acids is 1. The van der Waals surface area contributed by atoms with E-state index < -0.39 is 0 Å². The number of amides is 1. The fourth-order valence-electron chi connectivity index (χ4n) is 3.00. The van der Waals surface area contributed by atoms with Crippen molar-refractivity contribution >= 4 is 5.91 Å². The Hall–Kier alpha value is -3.48. The Kier molecular flexibility index (Phi) is 6.39. The highest BCUT2D eigenvalue weighted by molar-refractivity contribution is 5.96. The molecule has 0 aliphatic rings. The molecule has 0 atom stereocenters. The molecule has 3 aromatic rings. The summed E-state index contributed by atoms with van der Waals surface area (Å²) < 4.78 is 21.8. The van der Waals surface area contributed by atoms with Gasteiger partial charge >= 0.3 is 0 Å². The third-order valence-electron chi connectivity index (χ3n) is 4.61. The van der Waals surface area contributed by atoms with Crippen LogP contribution in [0.15, 0.2) is 47.0 Å². The zero-order chi connectivity index (χ0) is 20.8. The Labute approximate surface area is 169 Å². The summed E-state index contributed by atoms with van der Waals surface area (Å²) in [5, 5.41) is 6.84. The van der Waals surface area contributed by atoms with E-state index in [1.165, 1.54) is 0 Å². The number of nitrogens with one attached hydrogen (secondary N) is 1. The second-order valence-electron chi connectivity index (χ2n) is 6.42. The molecule has 0 spiro atoms. The lowest BCUT2D eigenvalue weighted by molar-refractivity contribution is 0.0946. The van der Waals surface area contributed by atoms with Gasteiger partial charge in [0.1, 0.15) is 18.1 Å². The molecule has 0 aliphatic heterocycles. The number of ether oxygens (including phenoxy) is 3. The van der Waals surface area contributed by atoms with E-state index in [-0.39, 0.29) is 19.1 Å². The molecule has 1 N–H and O–H groups in total. The van der Waals surface area contributed by atoms with Crippen molar-refractivity contribution in [1.29, 1.82) is 0 Å². The monoisotopic (exact) mass is 396 g/mol. The second-order valence-corrected chi connectivity index (χ2v) is 6.42. The number of para-hydroxylation sites is 2. The first-order chi connectivity index (χ1) is 14.0. The first kappa shape index (κ1) is 20.3. The van der Waals surface area contributed by atoms with Gasteiger partial charge in [-0.2, -0.15) is 0 Å². The number of rotatable bonds is 8. The largest absolute Gasteiger partial charge is 0.493 e. The highest BCUT2D eigenvalue weighted by Crippen LogP contribution is 2.30. The van der Waals surface area contributed by atoms with E-state index in [4.69, 9.17) is 18.7 Å². The molecule has 29 heavy (non-hydrogen) atoms. The summed E-state index contributed by atoms with van der Waals surface area (Å²) in [6.45, 7) is 4.25.